The molecule has 3 aromatic rings. The molecule has 170 valence electrons. The SMILES string of the molecule is OCC1CNC1Cc1ccccc1-c1noc(-c2ccc(OCCF)c(C(F)(F)F)c2)n1. The van der Waals surface area contributed by atoms with Crippen LogP contribution in [0.15, 0.2) is 47.0 Å². The second-order valence-corrected chi connectivity index (χ2v) is 7.49. The van der Waals surface area contributed by atoms with Crippen LogP contribution >= 0.6 is 0 Å². The van der Waals surface area contributed by atoms with Gasteiger partial charge in [0.2, 0.25) is 5.82 Å². The Morgan fingerprint density at radius 1 is 1.19 bits per heavy atom. The molecule has 2 aromatic carbocycles. The highest BCUT2D eigenvalue weighted by atomic mass is 19.4. The number of halogens is 4. The molecule has 0 spiro atoms. The van der Waals surface area contributed by atoms with Crippen molar-refractivity contribution in [2.45, 2.75) is 18.6 Å². The molecule has 0 saturated carbocycles. The molecule has 1 saturated heterocycles. The molecule has 2 unspecified atom stereocenters. The van der Waals surface area contributed by atoms with Crippen LogP contribution in [0.25, 0.3) is 22.8 Å². The third-order valence-electron chi connectivity index (χ3n) is 5.44. The number of benzene rings is 2. The van der Waals surface area contributed by atoms with Crippen molar-refractivity contribution in [3.05, 3.63) is 53.6 Å². The van der Waals surface area contributed by atoms with Gasteiger partial charge >= 0.3 is 6.18 Å². The van der Waals surface area contributed by atoms with Gasteiger partial charge in [-0.1, -0.05) is 29.4 Å². The Morgan fingerprint density at radius 3 is 2.69 bits per heavy atom. The summed E-state index contributed by atoms with van der Waals surface area (Å²) in [5.41, 5.74) is 0.658. The number of nitrogens with one attached hydrogen (secondary N) is 1. The number of aromatic nitrogens is 2. The van der Waals surface area contributed by atoms with Gasteiger partial charge in [0, 0.05) is 36.2 Å². The van der Waals surface area contributed by atoms with E-state index in [0.29, 0.717) is 12.0 Å². The van der Waals surface area contributed by atoms with Gasteiger partial charge in [-0.3, -0.25) is 0 Å². The lowest BCUT2D eigenvalue weighted by Crippen LogP contribution is -2.55. The van der Waals surface area contributed by atoms with Crippen molar-refractivity contribution >= 4 is 0 Å². The van der Waals surface area contributed by atoms with E-state index in [2.05, 4.69) is 15.5 Å². The third kappa shape index (κ3) is 4.61. The van der Waals surface area contributed by atoms with Crippen LogP contribution in [0.3, 0.4) is 0 Å². The largest absolute Gasteiger partial charge is 0.490 e. The van der Waals surface area contributed by atoms with Crippen LogP contribution in [0.2, 0.25) is 0 Å². The zero-order valence-electron chi connectivity index (χ0n) is 16.9. The van der Waals surface area contributed by atoms with Crippen molar-refractivity contribution in [2.24, 2.45) is 5.92 Å². The fourth-order valence-electron chi connectivity index (χ4n) is 3.64. The molecule has 0 radical (unpaired) electrons. The second-order valence-electron chi connectivity index (χ2n) is 7.49. The van der Waals surface area contributed by atoms with Crippen molar-refractivity contribution in [3.8, 4) is 28.6 Å². The average Bonchev–Trinajstić information content (AvgIpc) is 3.25. The summed E-state index contributed by atoms with van der Waals surface area (Å²) < 4.78 is 62.8. The van der Waals surface area contributed by atoms with Crippen LogP contribution in [0.1, 0.15) is 11.1 Å². The summed E-state index contributed by atoms with van der Waals surface area (Å²) in [6.07, 6.45) is -4.06. The molecule has 0 aliphatic carbocycles. The Hall–Kier alpha value is -2.98. The first kappa shape index (κ1) is 22.2. The average molecular weight is 451 g/mol. The molecule has 1 aliphatic heterocycles. The van der Waals surface area contributed by atoms with Gasteiger partial charge in [0.15, 0.2) is 0 Å². The molecular weight excluding hydrogens is 430 g/mol. The monoisotopic (exact) mass is 451 g/mol. The van der Waals surface area contributed by atoms with Crippen LogP contribution in [0.4, 0.5) is 17.6 Å². The number of nitrogens with zero attached hydrogens (tertiary/aromatic N) is 2. The molecule has 6 nitrogen and oxygen atoms in total. The summed E-state index contributed by atoms with van der Waals surface area (Å²) in [5.74, 6) is -0.118. The van der Waals surface area contributed by atoms with Crippen LogP contribution in [0, 0.1) is 5.92 Å². The van der Waals surface area contributed by atoms with Gasteiger partial charge in [-0.2, -0.15) is 18.2 Å². The molecule has 1 aliphatic rings. The van der Waals surface area contributed by atoms with E-state index in [1.165, 1.54) is 6.07 Å². The summed E-state index contributed by atoms with van der Waals surface area (Å²) >= 11 is 0. The predicted octanol–water partition coefficient (Wildman–Crippen LogP) is 3.89. The number of hydrogen-bond donors (Lipinski definition) is 2. The molecule has 2 atom stereocenters. The van der Waals surface area contributed by atoms with E-state index in [1.54, 1.807) is 0 Å². The van der Waals surface area contributed by atoms with Gasteiger partial charge < -0.3 is 19.7 Å². The van der Waals surface area contributed by atoms with E-state index >= 15 is 0 Å². The Bertz CT molecular complexity index is 1070. The van der Waals surface area contributed by atoms with E-state index in [4.69, 9.17) is 9.26 Å². The van der Waals surface area contributed by atoms with Gasteiger partial charge in [-0.05, 0) is 30.2 Å². The minimum atomic E-state index is -4.70. The fourth-order valence-corrected chi connectivity index (χ4v) is 3.64. The van der Waals surface area contributed by atoms with E-state index in [1.807, 2.05) is 24.3 Å². The number of ether oxygens (including phenoxy) is 1. The highest BCUT2D eigenvalue weighted by Crippen LogP contribution is 2.39. The maximum absolute atomic E-state index is 13.5. The van der Waals surface area contributed by atoms with E-state index in [9.17, 15) is 22.7 Å². The normalized spacial score (nSPS) is 18.4. The number of aliphatic hydroxyl groups is 1. The van der Waals surface area contributed by atoms with Crippen molar-refractivity contribution in [3.63, 3.8) is 0 Å². The molecule has 1 aromatic heterocycles. The lowest BCUT2D eigenvalue weighted by Gasteiger charge is -2.37. The molecule has 2 heterocycles. The minimum Gasteiger partial charge on any atom is -0.490 e. The van der Waals surface area contributed by atoms with E-state index in [-0.39, 0.29) is 35.8 Å². The Labute approximate surface area is 181 Å². The molecular formula is C22H21F4N3O3. The smallest absolute Gasteiger partial charge is 0.419 e. The van der Waals surface area contributed by atoms with Crippen molar-refractivity contribution in [1.29, 1.82) is 0 Å². The van der Waals surface area contributed by atoms with Gasteiger partial charge in [0.05, 0.1) is 5.56 Å². The van der Waals surface area contributed by atoms with Crippen LogP contribution in [0.5, 0.6) is 5.75 Å². The number of alkyl halides is 4. The molecule has 10 heteroatoms. The lowest BCUT2D eigenvalue weighted by atomic mass is 9.86. The second kappa shape index (κ2) is 9.25. The first-order valence-electron chi connectivity index (χ1n) is 10.1. The lowest BCUT2D eigenvalue weighted by molar-refractivity contribution is -0.138. The van der Waals surface area contributed by atoms with Crippen LogP contribution in [-0.2, 0) is 12.6 Å². The zero-order chi connectivity index (χ0) is 22.7. The summed E-state index contributed by atoms with van der Waals surface area (Å²) in [7, 11) is 0. The maximum Gasteiger partial charge on any atom is 0.419 e. The Balaban J connectivity index is 1.62. The predicted molar refractivity (Wildman–Crippen MR) is 108 cm³/mol. The number of hydrogen-bond acceptors (Lipinski definition) is 6. The van der Waals surface area contributed by atoms with Gasteiger partial charge in [0.1, 0.15) is 19.0 Å². The Morgan fingerprint density at radius 2 is 2.00 bits per heavy atom. The van der Waals surface area contributed by atoms with Crippen molar-refractivity contribution in [1.82, 2.24) is 15.5 Å². The highest BCUT2D eigenvalue weighted by molar-refractivity contribution is 5.64. The van der Waals surface area contributed by atoms with E-state index in [0.717, 1.165) is 24.2 Å². The molecule has 0 bridgehead atoms. The summed E-state index contributed by atoms with van der Waals surface area (Å²) in [4.78, 5) is 4.30. The molecule has 0 amide bonds. The molecule has 1 fully saturated rings. The Kier molecular flexibility index (Phi) is 6.43. The first-order chi connectivity index (χ1) is 15.4. The number of aliphatic hydroxyl groups excluding tert-OH is 1. The quantitative estimate of drug-likeness (QED) is 0.506. The summed E-state index contributed by atoms with van der Waals surface area (Å²) in [5, 5.41) is 16.6. The fraction of sp³-hybridized carbons (Fsp3) is 0.364. The standard InChI is InChI=1S/C22H21F4N3O3/c23-7-8-31-19-6-5-14(9-17(19)22(24,25)26)21-28-20(29-32-21)16-4-2-1-3-13(16)10-18-15(12-30)11-27-18/h1-6,9,15,18,27,30H,7-8,10-12H2. The van der Waals surface area contributed by atoms with Crippen LogP contribution < -0.4 is 10.1 Å². The first-order valence-corrected chi connectivity index (χ1v) is 10.1. The molecule has 32 heavy (non-hydrogen) atoms. The van der Waals surface area contributed by atoms with Crippen molar-refractivity contribution in [2.75, 3.05) is 26.4 Å². The van der Waals surface area contributed by atoms with Crippen LogP contribution in [-0.4, -0.2) is 47.7 Å². The van der Waals surface area contributed by atoms with E-state index < -0.39 is 30.8 Å². The molecule has 2 N–H and O–H groups in total. The zero-order valence-corrected chi connectivity index (χ0v) is 16.9. The molecule has 4 rings (SSSR count). The maximum atomic E-state index is 13.5. The van der Waals surface area contributed by atoms with Gasteiger partial charge in [-0.15, -0.1) is 0 Å². The topological polar surface area (TPSA) is 80.4 Å². The van der Waals surface area contributed by atoms with Crippen molar-refractivity contribution < 1.29 is 31.9 Å². The van der Waals surface area contributed by atoms with Gasteiger partial charge in [0.25, 0.3) is 5.89 Å². The number of rotatable bonds is 8. The highest BCUT2D eigenvalue weighted by Gasteiger charge is 2.35. The summed E-state index contributed by atoms with van der Waals surface area (Å²) in [6.45, 7) is -0.529. The summed E-state index contributed by atoms with van der Waals surface area (Å²) in [6, 6.07) is 10.9. The minimum absolute atomic E-state index is 0.0714. The van der Waals surface area contributed by atoms with Gasteiger partial charge in [-0.25, -0.2) is 4.39 Å². The third-order valence-corrected chi connectivity index (χ3v) is 5.44.